The van der Waals surface area contributed by atoms with Gasteiger partial charge < -0.3 is 31.7 Å². The van der Waals surface area contributed by atoms with Crippen LogP contribution in [-0.4, -0.2) is 56.2 Å². The van der Waals surface area contributed by atoms with Crippen molar-refractivity contribution in [3.63, 3.8) is 0 Å². The number of guanidine groups is 1. The minimum atomic E-state index is -0.598. The summed E-state index contributed by atoms with van der Waals surface area (Å²) in [5.41, 5.74) is 5.84. The van der Waals surface area contributed by atoms with Crippen molar-refractivity contribution in [2.45, 2.75) is 32.9 Å². The molecule has 0 aliphatic heterocycles. The Morgan fingerprint density at radius 3 is 2.17 bits per heavy atom. The first kappa shape index (κ1) is 23.7. The Morgan fingerprint density at radius 1 is 1.00 bits per heavy atom. The number of carbonyl (C=O) groups excluding carboxylic acids is 3. The highest BCUT2D eigenvalue weighted by molar-refractivity contribution is 5.96. The van der Waals surface area contributed by atoms with Gasteiger partial charge in [-0.25, -0.2) is 4.79 Å². The van der Waals surface area contributed by atoms with Crippen molar-refractivity contribution in [3.8, 4) is 0 Å². The number of amides is 3. The van der Waals surface area contributed by atoms with Crippen molar-refractivity contribution in [1.82, 2.24) is 21.3 Å². The minimum absolute atomic E-state index is 0.201. The molecule has 10 heteroatoms. The highest BCUT2D eigenvalue weighted by Gasteiger charge is 2.15. The Kier molecular flexibility index (Phi) is 9.43. The van der Waals surface area contributed by atoms with Gasteiger partial charge in [-0.15, -0.1) is 0 Å². The summed E-state index contributed by atoms with van der Waals surface area (Å²) >= 11 is 0. The number of benzene rings is 1. The third-order valence-electron chi connectivity index (χ3n) is 3.41. The molecule has 0 radical (unpaired) electrons. The van der Waals surface area contributed by atoms with Crippen LogP contribution in [0.15, 0.2) is 29.3 Å². The van der Waals surface area contributed by atoms with Gasteiger partial charge >= 0.3 is 6.09 Å². The number of rotatable bonds is 8. The van der Waals surface area contributed by atoms with E-state index in [9.17, 15) is 14.4 Å². The zero-order valence-corrected chi connectivity index (χ0v) is 17.3. The van der Waals surface area contributed by atoms with Crippen LogP contribution < -0.4 is 27.0 Å². The third kappa shape index (κ3) is 10.6. The molecule has 0 fully saturated rings. The number of hydrogen-bond acceptors (Lipinski definition) is 5. The lowest BCUT2D eigenvalue weighted by atomic mass is 10.1. The van der Waals surface area contributed by atoms with Crippen LogP contribution in [0.4, 0.5) is 4.79 Å². The number of carbonyl (C=O) groups is 3. The molecule has 10 nitrogen and oxygen atoms in total. The van der Waals surface area contributed by atoms with Crippen molar-refractivity contribution >= 4 is 23.9 Å². The van der Waals surface area contributed by atoms with Crippen LogP contribution in [0, 0.1) is 0 Å². The molecule has 0 spiro atoms. The molecule has 0 heterocycles. The van der Waals surface area contributed by atoms with Gasteiger partial charge in [0.2, 0.25) is 5.91 Å². The highest BCUT2D eigenvalue weighted by atomic mass is 16.6. The molecule has 0 saturated heterocycles. The van der Waals surface area contributed by atoms with Gasteiger partial charge in [0.25, 0.3) is 5.91 Å². The molecule has 0 bridgehead atoms. The summed E-state index contributed by atoms with van der Waals surface area (Å²) in [4.78, 5) is 38.2. The van der Waals surface area contributed by atoms with E-state index in [2.05, 4.69) is 26.3 Å². The fraction of sp³-hybridized carbons (Fsp3) is 0.474. The SMILES string of the molecule is CN=C(NCCNC(=O)OC(C)(C)C)NCc1ccc(C(=O)NCC(N)=O)cc1. The second-order valence-corrected chi connectivity index (χ2v) is 7.13. The monoisotopic (exact) mass is 406 g/mol. The first-order chi connectivity index (χ1) is 13.6. The molecule has 1 aromatic carbocycles. The Labute approximate surface area is 170 Å². The summed E-state index contributed by atoms with van der Waals surface area (Å²) < 4.78 is 5.15. The van der Waals surface area contributed by atoms with Crippen molar-refractivity contribution in [1.29, 1.82) is 0 Å². The van der Waals surface area contributed by atoms with Gasteiger partial charge in [0.1, 0.15) is 5.60 Å². The number of aliphatic imine (C=N–C) groups is 1. The number of nitrogens with one attached hydrogen (secondary N) is 4. The van der Waals surface area contributed by atoms with Crippen LogP contribution in [0.2, 0.25) is 0 Å². The fourth-order valence-corrected chi connectivity index (χ4v) is 2.11. The normalized spacial score (nSPS) is 11.4. The Balaban J connectivity index is 2.36. The molecule has 1 rings (SSSR count). The van der Waals surface area contributed by atoms with E-state index in [1.165, 1.54) is 0 Å². The average Bonchev–Trinajstić information content (AvgIpc) is 2.64. The standard InChI is InChI=1S/C19H30N6O4/c1-19(2,3)29-18(28)23-10-9-22-17(21-4)25-11-13-5-7-14(8-6-13)16(27)24-12-15(20)26/h5-8H,9-12H2,1-4H3,(H2,20,26)(H,23,28)(H,24,27)(H2,21,22,25). The smallest absolute Gasteiger partial charge is 0.407 e. The molecule has 6 N–H and O–H groups in total. The number of nitrogens with two attached hydrogens (primary N) is 1. The Hall–Kier alpha value is -3.30. The summed E-state index contributed by atoms with van der Waals surface area (Å²) in [5.74, 6) is -0.392. The van der Waals surface area contributed by atoms with Crippen LogP contribution >= 0.6 is 0 Å². The van der Waals surface area contributed by atoms with E-state index in [-0.39, 0.29) is 12.5 Å². The molecule has 0 aliphatic carbocycles. The van der Waals surface area contributed by atoms with Crippen LogP contribution in [-0.2, 0) is 16.1 Å². The lowest BCUT2D eigenvalue weighted by Gasteiger charge is -2.20. The number of hydrogen-bond donors (Lipinski definition) is 5. The molecule has 0 aliphatic rings. The molecular weight excluding hydrogens is 376 g/mol. The summed E-state index contributed by atoms with van der Waals surface area (Å²) in [7, 11) is 1.64. The lowest BCUT2D eigenvalue weighted by Crippen LogP contribution is -2.42. The van der Waals surface area contributed by atoms with Crippen LogP contribution in [0.5, 0.6) is 0 Å². The van der Waals surface area contributed by atoms with E-state index in [4.69, 9.17) is 10.5 Å². The molecule has 0 unspecified atom stereocenters. The predicted molar refractivity (Wildman–Crippen MR) is 110 cm³/mol. The van der Waals surface area contributed by atoms with Crippen molar-refractivity contribution < 1.29 is 19.1 Å². The molecule has 1 aromatic rings. The zero-order valence-electron chi connectivity index (χ0n) is 17.3. The van der Waals surface area contributed by atoms with E-state index in [1.54, 1.807) is 52.1 Å². The number of nitrogens with zero attached hydrogens (tertiary/aromatic N) is 1. The Bertz CT molecular complexity index is 725. The fourth-order valence-electron chi connectivity index (χ4n) is 2.11. The molecule has 29 heavy (non-hydrogen) atoms. The summed E-state index contributed by atoms with van der Waals surface area (Å²) in [6, 6.07) is 6.91. The molecular formula is C19H30N6O4. The quantitative estimate of drug-likeness (QED) is 0.235. The van der Waals surface area contributed by atoms with Crippen LogP contribution in [0.1, 0.15) is 36.7 Å². The van der Waals surface area contributed by atoms with Crippen LogP contribution in [0.3, 0.4) is 0 Å². The average molecular weight is 406 g/mol. The zero-order chi connectivity index (χ0) is 21.9. The molecule has 3 amide bonds. The van der Waals surface area contributed by atoms with Gasteiger partial charge in [-0.05, 0) is 38.5 Å². The Morgan fingerprint density at radius 2 is 1.62 bits per heavy atom. The van der Waals surface area contributed by atoms with Gasteiger partial charge in [0, 0.05) is 32.2 Å². The van der Waals surface area contributed by atoms with Crippen molar-refractivity contribution in [2.24, 2.45) is 10.7 Å². The maximum absolute atomic E-state index is 11.8. The predicted octanol–water partition coefficient (Wildman–Crippen LogP) is 0.0914. The maximum atomic E-state index is 11.8. The first-order valence-electron chi connectivity index (χ1n) is 9.17. The summed E-state index contributed by atoms with van der Waals surface area (Å²) in [6.07, 6.45) is -0.470. The largest absolute Gasteiger partial charge is 0.444 e. The molecule has 0 aromatic heterocycles. The lowest BCUT2D eigenvalue weighted by molar-refractivity contribution is -0.117. The van der Waals surface area contributed by atoms with E-state index in [0.717, 1.165) is 5.56 Å². The van der Waals surface area contributed by atoms with E-state index < -0.39 is 17.6 Å². The van der Waals surface area contributed by atoms with Crippen molar-refractivity contribution in [3.05, 3.63) is 35.4 Å². The van der Waals surface area contributed by atoms with Crippen LogP contribution in [0.25, 0.3) is 0 Å². The number of ether oxygens (including phenoxy) is 1. The van der Waals surface area contributed by atoms with Crippen molar-refractivity contribution in [2.75, 3.05) is 26.7 Å². The molecule has 0 saturated carbocycles. The van der Waals surface area contributed by atoms with Gasteiger partial charge in [0.05, 0.1) is 6.54 Å². The van der Waals surface area contributed by atoms with Gasteiger partial charge in [-0.1, -0.05) is 12.1 Å². The second kappa shape index (κ2) is 11.5. The topological polar surface area (TPSA) is 147 Å². The van der Waals surface area contributed by atoms with Gasteiger partial charge in [0.15, 0.2) is 5.96 Å². The third-order valence-corrected chi connectivity index (χ3v) is 3.41. The van der Waals surface area contributed by atoms with Gasteiger partial charge in [-0.3, -0.25) is 14.6 Å². The van der Waals surface area contributed by atoms with E-state index in [1.807, 2.05) is 0 Å². The highest BCUT2D eigenvalue weighted by Crippen LogP contribution is 2.06. The number of primary amides is 1. The van der Waals surface area contributed by atoms with Gasteiger partial charge in [-0.2, -0.15) is 0 Å². The summed E-state index contributed by atoms with van der Waals surface area (Å²) in [6.45, 7) is 6.54. The second-order valence-electron chi connectivity index (χ2n) is 7.13. The first-order valence-corrected chi connectivity index (χ1v) is 9.17. The maximum Gasteiger partial charge on any atom is 0.407 e. The van der Waals surface area contributed by atoms with E-state index >= 15 is 0 Å². The minimum Gasteiger partial charge on any atom is -0.444 e. The molecule has 0 atom stereocenters. The van der Waals surface area contributed by atoms with E-state index in [0.29, 0.717) is 31.2 Å². The number of alkyl carbamates (subject to hydrolysis) is 1. The summed E-state index contributed by atoms with van der Waals surface area (Å²) in [5, 5.41) is 11.3. The molecule has 160 valence electrons.